The van der Waals surface area contributed by atoms with Gasteiger partial charge in [0.2, 0.25) is 0 Å². The van der Waals surface area contributed by atoms with E-state index in [9.17, 15) is 14.4 Å². The van der Waals surface area contributed by atoms with Gasteiger partial charge in [-0.15, -0.1) is 0 Å². The third kappa shape index (κ3) is 4.27. The van der Waals surface area contributed by atoms with E-state index in [1.807, 2.05) is 0 Å². The molecule has 1 aromatic rings. The molecule has 0 aromatic heterocycles. The molecule has 25 heavy (non-hydrogen) atoms. The highest BCUT2D eigenvalue weighted by molar-refractivity contribution is 6.17. The number of imide groups is 1. The van der Waals surface area contributed by atoms with Crippen LogP contribution in [0.2, 0.25) is 0 Å². The number of carbonyl (C=O) groups excluding carboxylic acids is 3. The van der Waals surface area contributed by atoms with Crippen molar-refractivity contribution in [1.29, 1.82) is 0 Å². The first kappa shape index (κ1) is 18.3. The van der Waals surface area contributed by atoms with Crippen LogP contribution in [0.15, 0.2) is 30.0 Å². The minimum absolute atomic E-state index is 0.0434. The van der Waals surface area contributed by atoms with Crippen molar-refractivity contribution < 1.29 is 33.7 Å². The molecule has 2 N–H and O–H groups in total. The molecule has 0 unspecified atom stereocenters. The fraction of sp³-hybridized carbons (Fsp3) is 0.312. The smallest absolute Gasteiger partial charge is 0.343 e. The van der Waals surface area contributed by atoms with E-state index >= 15 is 0 Å². The predicted octanol–water partition coefficient (Wildman–Crippen LogP) is -0.0961. The van der Waals surface area contributed by atoms with Crippen molar-refractivity contribution >= 4 is 23.5 Å². The second-order valence-corrected chi connectivity index (χ2v) is 4.93. The van der Waals surface area contributed by atoms with Crippen molar-refractivity contribution in [3.8, 4) is 11.5 Å². The molecular formula is C16H18N2O7. The largest absolute Gasteiger partial charge is 0.495 e. The Kier molecular flexibility index (Phi) is 5.96. The lowest BCUT2D eigenvalue weighted by atomic mass is 10.2. The Hall–Kier alpha value is -3.07. The SMILES string of the molecule is COC(=O)COc1ccc(OC)c(NC2=CC(=O)N(CCO)C2=O)c1. The van der Waals surface area contributed by atoms with E-state index in [0.717, 1.165) is 11.0 Å². The number of hydrogen-bond acceptors (Lipinski definition) is 8. The van der Waals surface area contributed by atoms with E-state index in [0.29, 0.717) is 17.2 Å². The molecule has 0 saturated carbocycles. The lowest BCUT2D eigenvalue weighted by Gasteiger charge is -2.15. The summed E-state index contributed by atoms with van der Waals surface area (Å²) in [6, 6.07) is 4.69. The second kappa shape index (κ2) is 8.15. The number of hydrogen-bond donors (Lipinski definition) is 2. The number of amides is 2. The summed E-state index contributed by atoms with van der Waals surface area (Å²) in [5.74, 6) is -0.852. The Labute approximate surface area is 143 Å². The summed E-state index contributed by atoms with van der Waals surface area (Å²) < 4.78 is 15.0. The van der Waals surface area contributed by atoms with Gasteiger partial charge >= 0.3 is 5.97 Å². The number of benzene rings is 1. The number of aliphatic hydroxyl groups is 1. The van der Waals surface area contributed by atoms with Gasteiger partial charge in [-0.1, -0.05) is 0 Å². The molecule has 2 rings (SSSR count). The molecule has 0 aliphatic carbocycles. The van der Waals surface area contributed by atoms with Crippen LogP contribution in [-0.4, -0.2) is 61.8 Å². The second-order valence-electron chi connectivity index (χ2n) is 4.93. The maximum atomic E-state index is 12.2. The van der Waals surface area contributed by atoms with Gasteiger partial charge in [-0.3, -0.25) is 14.5 Å². The minimum Gasteiger partial charge on any atom is -0.495 e. The third-order valence-electron chi connectivity index (χ3n) is 3.36. The van der Waals surface area contributed by atoms with Crippen LogP contribution in [0.1, 0.15) is 0 Å². The zero-order chi connectivity index (χ0) is 18.4. The highest BCUT2D eigenvalue weighted by Gasteiger charge is 2.31. The summed E-state index contributed by atoms with van der Waals surface area (Å²) >= 11 is 0. The molecule has 9 heteroatoms. The van der Waals surface area contributed by atoms with E-state index in [4.69, 9.17) is 14.6 Å². The molecule has 9 nitrogen and oxygen atoms in total. The topological polar surface area (TPSA) is 114 Å². The van der Waals surface area contributed by atoms with Gasteiger partial charge in [0, 0.05) is 12.1 Å². The fourth-order valence-electron chi connectivity index (χ4n) is 2.13. The Morgan fingerprint density at radius 3 is 2.68 bits per heavy atom. The Balaban J connectivity index is 2.17. The number of ether oxygens (including phenoxy) is 3. The highest BCUT2D eigenvalue weighted by atomic mass is 16.6. The zero-order valence-corrected chi connectivity index (χ0v) is 13.8. The third-order valence-corrected chi connectivity index (χ3v) is 3.36. The fourth-order valence-corrected chi connectivity index (χ4v) is 2.13. The number of carbonyl (C=O) groups is 3. The van der Waals surface area contributed by atoms with E-state index < -0.39 is 17.8 Å². The summed E-state index contributed by atoms with van der Waals surface area (Å²) in [6.07, 6.45) is 1.14. The van der Waals surface area contributed by atoms with Gasteiger partial charge in [0.05, 0.1) is 33.1 Å². The number of β-amino-alcohol motifs (C(OH)–C–C–N with tert-alkyl or cyclic N) is 1. The summed E-state index contributed by atoms with van der Waals surface area (Å²) in [7, 11) is 2.70. The monoisotopic (exact) mass is 350 g/mol. The van der Waals surface area contributed by atoms with Crippen molar-refractivity contribution in [1.82, 2.24) is 4.90 Å². The molecule has 134 valence electrons. The molecular weight excluding hydrogens is 332 g/mol. The molecule has 0 saturated heterocycles. The Bertz CT molecular complexity index is 714. The lowest BCUT2D eigenvalue weighted by Crippen LogP contribution is -2.34. The minimum atomic E-state index is -0.554. The summed E-state index contributed by atoms with van der Waals surface area (Å²) in [6.45, 7) is -0.676. The molecule has 0 bridgehead atoms. The Morgan fingerprint density at radius 1 is 1.28 bits per heavy atom. The number of anilines is 1. The molecule has 1 aliphatic rings. The van der Waals surface area contributed by atoms with E-state index in [1.165, 1.54) is 20.3 Å². The number of nitrogens with one attached hydrogen (secondary N) is 1. The van der Waals surface area contributed by atoms with Crippen molar-refractivity contribution in [3.05, 3.63) is 30.0 Å². The molecule has 0 radical (unpaired) electrons. The highest BCUT2D eigenvalue weighted by Crippen LogP contribution is 2.31. The van der Waals surface area contributed by atoms with Gasteiger partial charge in [-0.25, -0.2) is 4.79 Å². The van der Waals surface area contributed by atoms with Crippen LogP contribution < -0.4 is 14.8 Å². The van der Waals surface area contributed by atoms with Crippen molar-refractivity contribution in [2.45, 2.75) is 0 Å². The maximum absolute atomic E-state index is 12.2. The standard InChI is InChI=1S/C16H18N2O7/c1-23-13-4-3-10(25-9-15(21)24-2)7-11(13)17-12-8-14(20)18(5-6-19)16(12)22/h3-4,7-8,17,19H,5-6,9H2,1-2H3. The number of aliphatic hydroxyl groups excluding tert-OH is 1. The first-order valence-electron chi connectivity index (χ1n) is 7.33. The molecule has 0 spiro atoms. The molecule has 1 aliphatic heterocycles. The summed E-state index contributed by atoms with van der Waals surface area (Å²) in [5.41, 5.74) is 0.421. The van der Waals surface area contributed by atoms with Gasteiger partial charge in [0.15, 0.2) is 6.61 Å². The normalized spacial score (nSPS) is 13.6. The first-order chi connectivity index (χ1) is 12.0. The van der Waals surface area contributed by atoms with Crippen molar-refractivity contribution in [2.24, 2.45) is 0 Å². The lowest BCUT2D eigenvalue weighted by molar-refractivity contribution is -0.143. The number of rotatable bonds is 8. The first-order valence-corrected chi connectivity index (χ1v) is 7.33. The van der Waals surface area contributed by atoms with Gasteiger partial charge in [-0.2, -0.15) is 0 Å². The zero-order valence-electron chi connectivity index (χ0n) is 13.8. The predicted molar refractivity (Wildman–Crippen MR) is 86.0 cm³/mol. The van der Waals surface area contributed by atoms with E-state index in [2.05, 4.69) is 10.1 Å². The van der Waals surface area contributed by atoms with Gasteiger partial charge in [-0.05, 0) is 12.1 Å². The van der Waals surface area contributed by atoms with Crippen LogP contribution in [0, 0.1) is 0 Å². The van der Waals surface area contributed by atoms with Crippen LogP contribution in [0.4, 0.5) is 5.69 Å². The van der Waals surface area contributed by atoms with Crippen molar-refractivity contribution in [2.75, 3.05) is 39.3 Å². The van der Waals surface area contributed by atoms with Crippen LogP contribution in [0.5, 0.6) is 11.5 Å². The molecule has 2 amide bonds. The van der Waals surface area contributed by atoms with E-state index in [-0.39, 0.29) is 25.5 Å². The van der Waals surface area contributed by atoms with Gasteiger partial charge < -0.3 is 24.6 Å². The molecule has 1 heterocycles. The number of nitrogens with zero attached hydrogens (tertiary/aromatic N) is 1. The molecule has 1 aromatic carbocycles. The number of esters is 1. The van der Waals surface area contributed by atoms with Crippen LogP contribution in [-0.2, 0) is 19.1 Å². The molecule has 0 fully saturated rings. The van der Waals surface area contributed by atoms with E-state index in [1.54, 1.807) is 12.1 Å². The Morgan fingerprint density at radius 2 is 2.04 bits per heavy atom. The average Bonchev–Trinajstić information content (AvgIpc) is 2.87. The van der Waals surface area contributed by atoms with Crippen LogP contribution in [0.3, 0.4) is 0 Å². The van der Waals surface area contributed by atoms with Crippen molar-refractivity contribution in [3.63, 3.8) is 0 Å². The number of methoxy groups -OCH3 is 2. The summed E-state index contributed by atoms with van der Waals surface area (Å²) in [5, 5.41) is 11.7. The van der Waals surface area contributed by atoms with Crippen LogP contribution >= 0.6 is 0 Å². The summed E-state index contributed by atoms with van der Waals surface area (Å²) in [4.78, 5) is 36.0. The van der Waals surface area contributed by atoms with Crippen LogP contribution in [0.25, 0.3) is 0 Å². The van der Waals surface area contributed by atoms with Gasteiger partial charge in [0.1, 0.15) is 17.2 Å². The average molecular weight is 350 g/mol. The molecule has 0 atom stereocenters. The van der Waals surface area contributed by atoms with Gasteiger partial charge in [0.25, 0.3) is 11.8 Å². The maximum Gasteiger partial charge on any atom is 0.343 e. The quantitative estimate of drug-likeness (QED) is 0.494.